The van der Waals surface area contributed by atoms with Gasteiger partial charge in [-0.1, -0.05) is 171 Å². The molecular formula is C60H41BBr2N2O5. The molecule has 4 N–H and O–H groups in total. The molecule has 70 heavy (non-hydrogen) atoms. The lowest BCUT2D eigenvalue weighted by Gasteiger charge is -2.10. The molecule has 0 atom stereocenters. The second-order valence-electron chi connectivity index (χ2n) is 16.7. The summed E-state index contributed by atoms with van der Waals surface area (Å²) in [7, 11) is -1.51. The Labute approximate surface area is 420 Å². The summed E-state index contributed by atoms with van der Waals surface area (Å²) in [5.74, 6) is 0. The number of rotatable bonds is 7. The summed E-state index contributed by atoms with van der Waals surface area (Å²) in [6, 6.07) is 75.2. The monoisotopic (exact) mass is 1040 g/mol. The third-order valence-corrected chi connectivity index (χ3v) is 13.2. The number of anilines is 4. The van der Waals surface area contributed by atoms with E-state index in [0.29, 0.717) is 11.0 Å². The lowest BCUT2D eigenvalue weighted by Crippen LogP contribution is -2.29. The second kappa shape index (κ2) is 19.6. The van der Waals surface area contributed by atoms with Crippen molar-refractivity contribution in [2.75, 3.05) is 10.6 Å². The predicted molar refractivity (Wildman–Crippen MR) is 297 cm³/mol. The fraction of sp³-hybridized carbons (Fsp3) is 0. The van der Waals surface area contributed by atoms with Crippen molar-refractivity contribution in [1.29, 1.82) is 0 Å². The fourth-order valence-electron chi connectivity index (χ4n) is 8.85. The molecule has 0 spiro atoms. The minimum Gasteiger partial charge on any atom is -0.456 e. The van der Waals surface area contributed by atoms with E-state index in [9.17, 15) is 10.0 Å². The maximum Gasteiger partial charge on any atom is 0.492 e. The van der Waals surface area contributed by atoms with Gasteiger partial charge in [-0.3, -0.25) is 0 Å². The summed E-state index contributed by atoms with van der Waals surface area (Å²) in [4.78, 5) is 0. The molecule has 0 aliphatic heterocycles. The van der Waals surface area contributed by atoms with Crippen LogP contribution in [0.15, 0.2) is 247 Å². The van der Waals surface area contributed by atoms with Crippen LogP contribution in [0, 0.1) is 0 Å². The van der Waals surface area contributed by atoms with Gasteiger partial charge in [-0.2, -0.15) is 0 Å². The smallest absolute Gasteiger partial charge is 0.456 e. The normalized spacial score (nSPS) is 11.1. The van der Waals surface area contributed by atoms with Crippen LogP contribution < -0.4 is 16.1 Å². The minimum absolute atomic E-state index is 0.397. The van der Waals surface area contributed by atoms with Gasteiger partial charge in [-0.05, 0) is 96.1 Å². The Morgan fingerprint density at radius 2 is 0.757 bits per heavy atom. The maximum absolute atomic E-state index is 9.24. The summed E-state index contributed by atoms with van der Waals surface area (Å²) in [5.41, 5.74) is 14.0. The molecule has 13 rings (SSSR count). The van der Waals surface area contributed by atoms with E-state index in [-0.39, 0.29) is 0 Å². The highest BCUT2D eigenvalue weighted by atomic mass is 79.9. The molecular weight excluding hydrogens is 999 g/mol. The number of nitrogens with one attached hydrogen (secondary N) is 2. The zero-order chi connectivity index (χ0) is 47.6. The Morgan fingerprint density at radius 3 is 1.30 bits per heavy atom. The molecule has 0 amide bonds. The zero-order valence-corrected chi connectivity index (χ0v) is 40.5. The second-order valence-corrected chi connectivity index (χ2v) is 18.5. The topological polar surface area (TPSA) is 104 Å². The van der Waals surface area contributed by atoms with E-state index in [4.69, 9.17) is 13.3 Å². The van der Waals surface area contributed by atoms with Gasteiger partial charge in [0.15, 0.2) is 0 Å². The molecule has 0 saturated heterocycles. The molecule has 0 aliphatic rings. The molecule has 7 nitrogen and oxygen atoms in total. The van der Waals surface area contributed by atoms with Crippen molar-refractivity contribution in [3.05, 3.63) is 233 Å². The number of furan rings is 3. The van der Waals surface area contributed by atoms with Crippen molar-refractivity contribution >= 4 is 133 Å². The number of benzene rings is 10. The first-order chi connectivity index (χ1) is 34.3. The molecule has 3 aromatic heterocycles. The molecule has 0 bridgehead atoms. The van der Waals surface area contributed by atoms with Gasteiger partial charge < -0.3 is 33.9 Å². The van der Waals surface area contributed by atoms with Gasteiger partial charge in [0.1, 0.15) is 33.5 Å². The predicted octanol–water partition coefficient (Wildman–Crippen LogP) is 16.8. The molecule has 0 saturated carbocycles. The number of hydrogen-bond acceptors (Lipinski definition) is 7. The summed E-state index contributed by atoms with van der Waals surface area (Å²) < 4.78 is 20.3. The van der Waals surface area contributed by atoms with Gasteiger partial charge in [-0.15, -0.1) is 0 Å². The third kappa shape index (κ3) is 9.21. The largest absolute Gasteiger partial charge is 0.492 e. The summed E-state index contributed by atoms with van der Waals surface area (Å²) in [6.07, 6.45) is 0. The van der Waals surface area contributed by atoms with Crippen LogP contribution in [0.3, 0.4) is 0 Å². The van der Waals surface area contributed by atoms with Gasteiger partial charge in [0, 0.05) is 80.6 Å². The van der Waals surface area contributed by atoms with E-state index in [1.54, 1.807) is 12.1 Å². The van der Waals surface area contributed by atoms with Crippen LogP contribution in [0.25, 0.3) is 88.1 Å². The lowest BCUT2D eigenvalue weighted by molar-refractivity contribution is 0.425. The SMILES string of the molecule is Brc1ccc(Nc2cccc(Br)c2)cc1.OB(O)c1cccc2c1oc1ccccc12.c1cc(Nc2ccc(-c3cccc4c3oc3ccccc34)cc2)cc(-c2cccc3c2oc2ccccc23)c1. The summed E-state index contributed by atoms with van der Waals surface area (Å²) in [6.45, 7) is 0. The molecule has 10 aromatic carbocycles. The van der Waals surface area contributed by atoms with E-state index in [0.717, 1.165) is 114 Å². The van der Waals surface area contributed by atoms with E-state index in [2.05, 4.69) is 152 Å². The van der Waals surface area contributed by atoms with E-state index in [1.807, 2.05) is 103 Å². The van der Waals surface area contributed by atoms with Gasteiger partial charge in [0.05, 0.1) is 0 Å². The van der Waals surface area contributed by atoms with Crippen molar-refractivity contribution in [3.63, 3.8) is 0 Å². The average molecular weight is 1040 g/mol. The van der Waals surface area contributed by atoms with Crippen molar-refractivity contribution < 1.29 is 23.3 Å². The molecule has 3 heterocycles. The van der Waals surface area contributed by atoms with Crippen LogP contribution in [-0.4, -0.2) is 17.2 Å². The number of para-hydroxylation sites is 6. The lowest BCUT2D eigenvalue weighted by atomic mass is 9.79. The first-order valence-electron chi connectivity index (χ1n) is 22.7. The van der Waals surface area contributed by atoms with Crippen molar-refractivity contribution in [2.24, 2.45) is 0 Å². The summed E-state index contributed by atoms with van der Waals surface area (Å²) in [5, 5.41) is 31.8. The van der Waals surface area contributed by atoms with Crippen LogP contribution in [0.5, 0.6) is 0 Å². The van der Waals surface area contributed by atoms with E-state index < -0.39 is 7.12 Å². The highest BCUT2D eigenvalue weighted by Crippen LogP contribution is 2.38. The highest BCUT2D eigenvalue weighted by Gasteiger charge is 2.19. The van der Waals surface area contributed by atoms with Crippen LogP contribution in [0.4, 0.5) is 22.7 Å². The van der Waals surface area contributed by atoms with Crippen molar-refractivity contribution in [2.45, 2.75) is 0 Å². The molecule has 0 aliphatic carbocycles. The van der Waals surface area contributed by atoms with Crippen molar-refractivity contribution in [3.8, 4) is 22.3 Å². The molecule has 0 unspecified atom stereocenters. The minimum atomic E-state index is -1.51. The van der Waals surface area contributed by atoms with E-state index in [1.165, 1.54) is 0 Å². The standard InChI is InChI=1S/C36H23NO2.C12H9BO3.C12H9Br2N/c1-3-16-33-29(10-1)31-14-6-12-27(35(31)38-33)23-18-20-25(21-19-23)37-26-9-5-8-24(22-26)28-13-7-15-32-30-11-2-4-17-34(30)39-36(28)32;14-13(15)10-6-3-5-9-8-4-1-2-7-11(8)16-12(9)10;13-9-4-6-11(7-5-9)15-12-3-1-2-10(14)8-12/h1-22,37H;1-7,14-15H;1-8,15H. The zero-order valence-electron chi connectivity index (χ0n) is 37.3. The van der Waals surface area contributed by atoms with Crippen LogP contribution in [0.1, 0.15) is 0 Å². The third-order valence-electron chi connectivity index (χ3n) is 12.1. The Balaban J connectivity index is 0.000000141. The van der Waals surface area contributed by atoms with Gasteiger partial charge in [-0.25, -0.2) is 0 Å². The Kier molecular flexibility index (Phi) is 12.5. The highest BCUT2D eigenvalue weighted by molar-refractivity contribution is 9.10. The molecule has 0 radical (unpaired) electrons. The molecule has 13 aromatic rings. The number of fused-ring (bicyclic) bond motifs is 9. The van der Waals surface area contributed by atoms with E-state index >= 15 is 0 Å². The van der Waals surface area contributed by atoms with Gasteiger partial charge in [0.25, 0.3) is 0 Å². The number of halogens is 2. The quantitative estimate of drug-likeness (QED) is 0.118. The Hall–Kier alpha value is -7.86. The maximum atomic E-state index is 9.24. The van der Waals surface area contributed by atoms with Crippen molar-refractivity contribution in [1.82, 2.24) is 0 Å². The average Bonchev–Trinajstić information content (AvgIpc) is 4.10. The first kappa shape index (κ1) is 44.6. The molecule has 338 valence electrons. The Bertz CT molecular complexity index is 3980. The first-order valence-corrected chi connectivity index (χ1v) is 24.2. The molecule has 10 heteroatoms. The molecule has 0 fully saturated rings. The van der Waals surface area contributed by atoms with Crippen LogP contribution in [-0.2, 0) is 0 Å². The van der Waals surface area contributed by atoms with Gasteiger partial charge in [0.2, 0.25) is 0 Å². The Morgan fingerprint density at radius 1 is 0.329 bits per heavy atom. The summed E-state index contributed by atoms with van der Waals surface area (Å²) >= 11 is 6.85. The van der Waals surface area contributed by atoms with Gasteiger partial charge >= 0.3 is 7.12 Å². The van der Waals surface area contributed by atoms with Crippen LogP contribution >= 0.6 is 31.9 Å². The van der Waals surface area contributed by atoms with Crippen LogP contribution in [0.2, 0.25) is 0 Å². The number of hydrogen-bond donors (Lipinski definition) is 4. The fourth-order valence-corrected chi connectivity index (χ4v) is 9.52.